The molecule has 0 bridgehead atoms. The van der Waals surface area contributed by atoms with Gasteiger partial charge in [-0.1, -0.05) is 43.3 Å². The van der Waals surface area contributed by atoms with Crippen molar-refractivity contribution in [1.29, 1.82) is 0 Å². The number of ether oxygens (including phenoxy) is 1. The van der Waals surface area contributed by atoms with Crippen molar-refractivity contribution in [2.45, 2.75) is 57.5 Å². The zero-order chi connectivity index (χ0) is 25.9. The van der Waals surface area contributed by atoms with Gasteiger partial charge in [0.15, 0.2) is 5.16 Å². The second kappa shape index (κ2) is 11.1. The highest BCUT2D eigenvalue weighted by molar-refractivity contribution is 7.99. The molecule has 2 heterocycles. The van der Waals surface area contributed by atoms with E-state index in [0.29, 0.717) is 16.6 Å². The fraction of sp³-hybridized carbons (Fsp3) is 0.345. The van der Waals surface area contributed by atoms with Crippen LogP contribution in [0, 0.1) is 6.92 Å². The van der Waals surface area contributed by atoms with Crippen LogP contribution in [-0.2, 0) is 24.1 Å². The summed E-state index contributed by atoms with van der Waals surface area (Å²) in [5.74, 6) is 0.747. The molecule has 0 saturated heterocycles. The Morgan fingerprint density at radius 2 is 1.92 bits per heavy atom. The molecular weight excluding hydrogens is 502 g/mol. The summed E-state index contributed by atoms with van der Waals surface area (Å²) < 4.78 is 6.97. The van der Waals surface area contributed by atoms with Gasteiger partial charge in [0.05, 0.1) is 23.9 Å². The van der Waals surface area contributed by atoms with E-state index in [2.05, 4.69) is 12.2 Å². The third kappa shape index (κ3) is 5.18. The van der Waals surface area contributed by atoms with Crippen LogP contribution in [0.5, 0.6) is 5.75 Å². The summed E-state index contributed by atoms with van der Waals surface area (Å²) in [6.07, 6.45) is 6.18. The summed E-state index contributed by atoms with van der Waals surface area (Å²) >= 11 is 2.93. The van der Waals surface area contributed by atoms with Crippen LogP contribution < -0.4 is 15.6 Å². The van der Waals surface area contributed by atoms with Crippen molar-refractivity contribution in [3.05, 3.63) is 74.4 Å². The molecule has 0 saturated carbocycles. The van der Waals surface area contributed by atoms with Crippen molar-refractivity contribution in [1.82, 2.24) is 9.55 Å². The lowest BCUT2D eigenvalue weighted by Crippen LogP contribution is -2.23. The van der Waals surface area contributed by atoms with Crippen molar-refractivity contribution >= 4 is 44.9 Å². The number of anilines is 1. The number of carbonyl (C=O) groups excluding carboxylic acids is 1. The SMILES string of the molecule is CCc1cccc(C)c1NC(=O)CSc1nc2sc3c(c2c(=O)n1-c1ccc(OC)cc1)CCCCC3. The number of thiophene rings is 1. The van der Waals surface area contributed by atoms with E-state index in [-0.39, 0.29) is 17.2 Å². The van der Waals surface area contributed by atoms with Crippen LogP contribution in [0.3, 0.4) is 0 Å². The largest absolute Gasteiger partial charge is 0.497 e. The Bertz CT molecular complexity index is 1510. The molecule has 0 radical (unpaired) electrons. The van der Waals surface area contributed by atoms with Crippen LogP contribution in [0.15, 0.2) is 52.4 Å². The molecule has 0 atom stereocenters. The van der Waals surface area contributed by atoms with Gasteiger partial charge in [0.1, 0.15) is 10.6 Å². The first kappa shape index (κ1) is 25.5. The Morgan fingerprint density at radius 3 is 2.68 bits per heavy atom. The number of hydrogen-bond acceptors (Lipinski definition) is 6. The van der Waals surface area contributed by atoms with Gasteiger partial charge in [0.25, 0.3) is 5.56 Å². The minimum absolute atomic E-state index is 0.0651. The number of para-hydroxylation sites is 1. The maximum atomic E-state index is 14.0. The van der Waals surface area contributed by atoms with Crippen LogP contribution in [0.4, 0.5) is 5.69 Å². The Morgan fingerprint density at radius 1 is 1.14 bits per heavy atom. The highest BCUT2D eigenvalue weighted by Crippen LogP contribution is 2.35. The number of rotatable bonds is 7. The molecule has 1 amide bonds. The number of fused-ring (bicyclic) bond motifs is 3. The normalized spacial score (nSPS) is 13.3. The molecule has 1 aliphatic rings. The van der Waals surface area contributed by atoms with E-state index in [1.54, 1.807) is 23.0 Å². The molecule has 2 aromatic heterocycles. The number of carbonyl (C=O) groups is 1. The van der Waals surface area contributed by atoms with Crippen LogP contribution in [-0.4, -0.2) is 28.3 Å². The monoisotopic (exact) mass is 533 g/mol. The van der Waals surface area contributed by atoms with Crippen molar-refractivity contribution in [3.8, 4) is 11.4 Å². The number of thioether (sulfide) groups is 1. The molecule has 192 valence electrons. The average Bonchev–Trinajstić information content (AvgIpc) is 3.10. The zero-order valence-corrected chi connectivity index (χ0v) is 23.1. The summed E-state index contributed by atoms with van der Waals surface area (Å²) in [6.45, 7) is 4.08. The lowest BCUT2D eigenvalue weighted by Gasteiger charge is -2.15. The number of aromatic nitrogens is 2. The molecule has 1 aliphatic carbocycles. The van der Waals surface area contributed by atoms with Crippen molar-refractivity contribution < 1.29 is 9.53 Å². The van der Waals surface area contributed by atoms with E-state index in [1.807, 2.05) is 49.4 Å². The van der Waals surface area contributed by atoms with E-state index in [1.165, 1.54) is 28.6 Å². The van der Waals surface area contributed by atoms with Gasteiger partial charge in [-0.05, 0) is 80.0 Å². The van der Waals surface area contributed by atoms with Crippen LogP contribution in [0.25, 0.3) is 15.9 Å². The molecule has 5 rings (SSSR count). The summed E-state index contributed by atoms with van der Waals surface area (Å²) in [6, 6.07) is 13.5. The van der Waals surface area contributed by atoms with Crippen molar-refractivity contribution in [3.63, 3.8) is 0 Å². The first-order valence-corrected chi connectivity index (χ1v) is 14.5. The first-order valence-electron chi connectivity index (χ1n) is 12.7. The molecule has 6 nitrogen and oxygen atoms in total. The molecule has 37 heavy (non-hydrogen) atoms. The predicted octanol–water partition coefficient (Wildman–Crippen LogP) is 6.33. The average molecular weight is 534 g/mol. The number of methoxy groups -OCH3 is 1. The van der Waals surface area contributed by atoms with Crippen molar-refractivity contribution in [2.24, 2.45) is 0 Å². The fourth-order valence-corrected chi connectivity index (χ4v) is 7.04. The smallest absolute Gasteiger partial charge is 0.267 e. The maximum absolute atomic E-state index is 14.0. The minimum atomic E-state index is -0.119. The van der Waals surface area contributed by atoms with Gasteiger partial charge in [-0.25, -0.2) is 4.98 Å². The highest BCUT2D eigenvalue weighted by Gasteiger charge is 2.23. The Balaban J connectivity index is 1.52. The predicted molar refractivity (Wildman–Crippen MR) is 153 cm³/mol. The quantitative estimate of drug-likeness (QED) is 0.171. The van der Waals surface area contributed by atoms with Crippen LogP contribution >= 0.6 is 23.1 Å². The number of nitrogens with one attached hydrogen (secondary N) is 1. The lowest BCUT2D eigenvalue weighted by molar-refractivity contribution is -0.113. The second-order valence-electron chi connectivity index (χ2n) is 9.28. The molecule has 8 heteroatoms. The minimum Gasteiger partial charge on any atom is -0.497 e. The highest BCUT2D eigenvalue weighted by atomic mass is 32.2. The van der Waals surface area contributed by atoms with Gasteiger partial charge >= 0.3 is 0 Å². The van der Waals surface area contributed by atoms with E-state index in [0.717, 1.165) is 59.1 Å². The number of aryl methyl sites for hydroxylation is 4. The topological polar surface area (TPSA) is 73.2 Å². The second-order valence-corrected chi connectivity index (χ2v) is 11.3. The molecule has 0 aliphatic heterocycles. The molecule has 4 aromatic rings. The van der Waals surface area contributed by atoms with Gasteiger partial charge in [0.2, 0.25) is 5.91 Å². The third-order valence-electron chi connectivity index (χ3n) is 6.88. The van der Waals surface area contributed by atoms with E-state index in [9.17, 15) is 9.59 Å². The Kier molecular flexibility index (Phi) is 7.67. The third-order valence-corrected chi connectivity index (χ3v) is 9.00. The number of hydrogen-bond donors (Lipinski definition) is 1. The molecular formula is C29H31N3O3S2. The van der Waals surface area contributed by atoms with Gasteiger partial charge in [-0.2, -0.15) is 0 Å². The van der Waals surface area contributed by atoms with E-state index < -0.39 is 0 Å². The first-order chi connectivity index (χ1) is 18.0. The maximum Gasteiger partial charge on any atom is 0.267 e. The summed E-state index contributed by atoms with van der Waals surface area (Å²) in [7, 11) is 1.62. The molecule has 0 unspecified atom stereocenters. The van der Waals surface area contributed by atoms with Crippen LogP contribution in [0.2, 0.25) is 0 Å². The van der Waals surface area contributed by atoms with Gasteiger partial charge < -0.3 is 10.1 Å². The fourth-order valence-electron chi connectivity index (χ4n) is 4.93. The Labute approximate surface area is 225 Å². The Hall–Kier alpha value is -3.10. The van der Waals surface area contributed by atoms with Gasteiger partial charge in [-0.15, -0.1) is 11.3 Å². The summed E-state index contributed by atoms with van der Waals surface area (Å²) in [5, 5.41) is 4.34. The zero-order valence-electron chi connectivity index (χ0n) is 21.4. The molecule has 2 aromatic carbocycles. The van der Waals surface area contributed by atoms with Gasteiger partial charge in [0, 0.05) is 10.6 Å². The molecule has 0 spiro atoms. The summed E-state index contributed by atoms with van der Waals surface area (Å²) in [4.78, 5) is 34.0. The van der Waals surface area contributed by atoms with Crippen LogP contribution in [0.1, 0.15) is 47.8 Å². The molecule has 1 N–H and O–H groups in total. The molecule has 0 fully saturated rings. The lowest BCUT2D eigenvalue weighted by atomic mass is 10.1. The van der Waals surface area contributed by atoms with E-state index >= 15 is 0 Å². The number of benzene rings is 2. The van der Waals surface area contributed by atoms with E-state index in [4.69, 9.17) is 9.72 Å². The van der Waals surface area contributed by atoms with Crippen molar-refractivity contribution in [2.75, 3.05) is 18.2 Å². The number of nitrogens with zero attached hydrogens (tertiary/aromatic N) is 2. The standard InChI is InChI=1S/C29H31N3O3S2/c1-4-19-10-8-9-18(2)26(19)30-24(33)17-36-29-31-27-25(22-11-6-5-7-12-23(22)37-27)28(34)32(29)20-13-15-21(35-3)16-14-20/h8-10,13-16H,4-7,11-12,17H2,1-3H3,(H,30,33). The summed E-state index contributed by atoms with van der Waals surface area (Å²) in [5.41, 5.74) is 4.82. The number of amides is 1. The van der Waals surface area contributed by atoms with Gasteiger partial charge in [-0.3, -0.25) is 14.2 Å².